The first kappa shape index (κ1) is 27.9. The summed E-state index contributed by atoms with van der Waals surface area (Å²) in [6, 6.07) is 16.6. The van der Waals surface area contributed by atoms with Crippen LogP contribution in [-0.4, -0.2) is 34.8 Å². The Morgan fingerprint density at radius 1 is 1.00 bits per heavy atom. The molecule has 0 unspecified atom stereocenters. The van der Waals surface area contributed by atoms with Gasteiger partial charge in [0.2, 0.25) is 0 Å². The first-order valence-corrected chi connectivity index (χ1v) is 11.9. The average Bonchev–Trinajstić information content (AvgIpc) is 2.68. The third-order valence-corrected chi connectivity index (χ3v) is 5.45. The second-order valence-electron chi connectivity index (χ2n) is 5.98. The van der Waals surface area contributed by atoms with Gasteiger partial charge in [0.25, 0.3) is 0 Å². The number of ketones is 1. The molecule has 156 valence electrons. The molecule has 0 fully saturated rings. The lowest BCUT2D eigenvalue weighted by Gasteiger charge is -2.09. The van der Waals surface area contributed by atoms with E-state index in [-0.39, 0.29) is 18.5 Å². The number of aliphatic hydroxyl groups excluding tert-OH is 2. The number of aliphatic hydroxyl groups is 2. The second kappa shape index (κ2) is 16.7. The van der Waals surface area contributed by atoms with Crippen molar-refractivity contribution in [1.82, 2.24) is 0 Å². The molecule has 0 bridgehead atoms. The molecule has 0 aromatic heterocycles. The number of halogens is 3. The highest BCUT2D eigenvalue weighted by Crippen LogP contribution is 2.09. The molecule has 0 radical (unpaired) electrons. The summed E-state index contributed by atoms with van der Waals surface area (Å²) in [6.45, 7) is 5.29. The normalized spacial score (nSPS) is 12.0. The summed E-state index contributed by atoms with van der Waals surface area (Å²) in [5.74, 6) is -0.185. The summed E-state index contributed by atoms with van der Waals surface area (Å²) in [6.07, 6.45) is -0.871. The van der Waals surface area contributed by atoms with Gasteiger partial charge >= 0.3 is 0 Å². The van der Waals surface area contributed by atoms with E-state index in [0.29, 0.717) is 6.61 Å². The summed E-state index contributed by atoms with van der Waals surface area (Å²) in [5, 5.41) is 18.0. The molecule has 0 saturated carbocycles. The lowest BCUT2D eigenvalue weighted by Crippen LogP contribution is -2.12. The number of alkyl halides is 1. The summed E-state index contributed by atoms with van der Waals surface area (Å²) < 4.78 is 7.87. The Balaban J connectivity index is 0.000000423. The Morgan fingerprint density at radius 2 is 1.39 bits per heavy atom. The van der Waals surface area contributed by atoms with E-state index >= 15 is 0 Å². The zero-order valence-corrected chi connectivity index (χ0v) is 22.1. The van der Waals surface area contributed by atoms with E-state index < -0.39 is 6.10 Å². The van der Waals surface area contributed by atoms with Gasteiger partial charge in [-0.15, -0.1) is 0 Å². The van der Waals surface area contributed by atoms with Crippen molar-refractivity contribution in [2.45, 2.75) is 44.9 Å². The van der Waals surface area contributed by atoms with Crippen molar-refractivity contribution in [3.05, 3.63) is 66.8 Å². The van der Waals surface area contributed by atoms with Gasteiger partial charge in [-0.1, -0.05) is 40.2 Å². The van der Waals surface area contributed by atoms with E-state index in [1.165, 1.54) is 26.6 Å². The van der Waals surface area contributed by atoms with Crippen molar-refractivity contribution in [2.24, 2.45) is 0 Å². The second-order valence-corrected chi connectivity index (χ2v) is 9.03. The molecule has 0 aliphatic rings. The molecule has 0 aliphatic carbocycles. The first-order valence-electron chi connectivity index (χ1n) is 8.65. The molecule has 2 N–H and O–H groups in total. The van der Waals surface area contributed by atoms with Crippen molar-refractivity contribution in [3.8, 4) is 0 Å². The third kappa shape index (κ3) is 14.9. The zero-order chi connectivity index (χ0) is 21.5. The van der Waals surface area contributed by atoms with Crippen LogP contribution >= 0.6 is 61.1 Å². The monoisotopic (exact) mass is 676 g/mol. The van der Waals surface area contributed by atoms with Gasteiger partial charge in [0.1, 0.15) is 6.10 Å². The highest BCUT2D eigenvalue weighted by atomic mass is 127. The van der Waals surface area contributed by atoms with Gasteiger partial charge in [-0.05, 0) is 101 Å². The van der Waals surface area contributed by atoms with Crippen molar-refractivity contribution in [1.29, 1.82) is 0 Å². The third-order valence-electron chi connectivity index (χ3n) is 3.36. The number of ether oxygens (including phenoxy) is 1. The molecule has 28 heavy (non-hydrogen) atoms. The van der Waals surface area contributed by atoms with Crippen LogP contribution in [0.5, 0.6) is 0 Å². The predicted octanol–water partition coefficient (Wildman–Crippen LogP) is 5.33. The van der Waals surface area contributed by atoms with Crippen LogP contribution in [0.2, 0.25) is 0 Å². The number of hydrogen-bond acceptors (Lipinski definition) is 4. The summed E-state index contributed by atoms with van der Waals surface area (Å²) in [4.78, 5) is 9.89. The largest absolute Gasteiger partial charge is 0.394 e. The fourth-order valence-corrected chi connectivity index (χ4v) is 2.54. The van der Waals surface area contributed by atoms with E-state index in [0.717, 1.165) is 10.9 Å². The van der Waals surface area contributed by atoms with E-state index in [9.17, 15) is 4.79 Å². The highest BCUT2D eigenvalue weighted by molar-refractivity contribution is 14.1. The Labute approximate surface area is 203 Å². The maximum atomic E-state index is 9.89. The van der Waals surface area contributed by atoms with E-state index in [1.807, 2.05) is 31.2 Å². The lowest BCUT2D eigenvalue weighted by atomic mass is 10.2. The van der Waals surface area contributed by atoms with Gasteiger partial charge in [-0.25, -0.2) is 0 Å². The van der Waals surface area contributed by atoms with Crippen LogP contribution in [0.4, 0.5) is 0 Å². The lowest BCUT2D eigenvalue weighted by molar-refractivity contribution is -0.124. The predicted molar refractivity (Wildman–Crippen MR) is 135 cm³/mol. The molecule has 0 saturated heterocycles. The highest BCUT2D eigenvalue weighted by Gasteiger charge is 1.99. The molecule has 2 rings (SSSR count). The first-order chi connectivity index (χ1) is 13.2. The molecular formula is C21H27BrI2O4. The molecule has 2 atom stereocenters. The summed E-state index contributed by atoms with van der Waals surface area (Å²) in [7, 11) is 0. The molecule has 0 heterocycles. The Hall–Kier alpha value is -0.0700. The zero-order valence-electron chi connectivity index (χ0n) is 16.2. The van der Waals surface area contributed by atoms with E-state index in [1.54, 1.807) is 0 Å². The van der Waals surface area contributed by atoms with Gasteiger partial charge in [-0.3, -0.25) is 4.79 Å². The fourth-order valence-electron chi connectivity index (χ4n) is 1.45. The van der Waals surface area contributed by atoms with Crippen LogP contribution in [0.25, 0.3) is 0 Å². The fraction of sp³-hybridized carbons (Fsp3) is 0.381. The average molecular weight is 677 g/mol. The topological polar surface area (TPSA) is 66.8 Å². The van der Waals surface area contributed by atoms with Gasteiger partial charge < -0.3 is 14.9 Å². The Bertz CT molecular complexity index is 661. The molecule has 2 aromatic rings. The molecule has 0 amide bonds. The van der Waals surface area contributed by atoms with Crippen LogP contribution in [-0.2, 0) is 21.5 Å². The number of Topliss-reactive ketones (excluding diaryl/α,β-unsaturated/α-hetero) is 1. The summed E-state index contributed by atoms with van der Waals surface area (Å²) >= 11 is 7.94. The molecular weight excluding hydrogens is 650 g/mol. The SMILES string of the molecule is BrCc1ccc(I)cc1.CC(=O)[C@@H](C)O.C[C@H](CO)OCc1ccc(I)cc1. The van der Waals surface area contributed by atoms with Crippen LogP contribution < -0.4 is 0 Å². The smallest absolute Gasteiger partial charge is 0.157 e. The molecule has 7 heteroatoms. The number of carbonyl (C=O) groups is 1. The van der Waals surface area contributed by atoms with Crippen LogP contribution in [0.15, 0.2) is 48.5 Å². The van der Waals surface area contributed by atoms with Crippen LogP contribution in [0, 0.1) is 7.14 Å². The van der Waals surface area contributed by atoms with Crippen LogP contribution in [0.3, 0.4) is 0 Å². The quantitative estimate of drug-likeness (QED) is 0.321. The Morgan fingerprint density at radius 3 is 1.71 bits per heavy atom. The van der Waals surface area contributed by atoms with E-state index in [2.05, 4.69) is 85.4 Å². The van der Waals surface area contributed by atoms with Crippen molar-refractivity contribution in [2.75, 3.05) is 6.61 Å². The van der Waals surface area contributed by atoms with Crippen molar-refractivity contribution in [3.63, 3.8) is 0 Å². The standard InChI is InChI=1S/C10H13IO2.C7H6BrI.C4H8O2/c1-8(6-12)13-7-9-2-4-10(11)5-3-9;8-5-6-1-3-7(9)4-2-6;1-3(5)4(2)6/h2-5,8,12H,6-7H2,1H3;1-4H,5H2;3,5H,1-2H3/t8-;;3-/m1.1/s1. The number of carbonyl (C=O) groups excluding carboxylic acids is 1. The minimum Gasteiger partial charge on any atom is -0.394 e. The van der Waals surface area contributed by atoms with Gasteiger partial charge in [-0.2, -0.15) is 0 Å². The van der Waals surface area contributed by atoms with Crippen molar-refractivity contribution >= 4 is 66.9 Å². The molecule has 2 aromatic carbocycles. The summed E-state index contributed by atoms with van der Waals surface area (Å²) in [5.41, 5.74) is 2.47. The maximum Gasteiger partial charge on any atom is 0.157 e. The number of benzene rings is 2. The Kier molecular flexibility index (Phi) is 16.7. The number of rotatable bonds is 6. The maximum absolute atomic E-state index is 9.89. The van der Waals surface area contributed by atoms with Gasteiger partial charge in [0.15, 0.2) is 5.78 Å². The minimum absolute atomic E-state index is 0.0738. The molecule has 0 aliphatic heterocycles. The van der Waals surface area contributed by atoms with Gasteiger partial charge in [0.05, 0.1) is 19.3 Å². The minimum atomic E-state index is -0.787. The van der Waals surface area contributed by atoms with Gasteiger partial charge in [0, 0.05) is 12.5 Å². The van der Waals surface area contributed by atoms with Crippen LogP contribution in [0.1, 0.15) is 31.9 Å². The molecule has 4 nitrogen and oxygen atoms in total. The van der Waals surface area contributed by atoms with Crippen molar-refractivity contribution < 1.29 is 19.7 Å². The number of hydrogen-bond donors (Lipinski definition) is 2. The molecule has 0 spiro atoms. The van der Waals surface area contributed by atoms with E-state index in [4.69, 9.17) is 14.9 Å².